The van der Waals surface area contributed by atoms with Gasteiger partial charge < -0.3 is 19.5 Å². The highest BCUT2D eigenvalue weighted by Crippen LogP contribution is 2.51. The number of carbonyl (C=O) groups is 2. The van der Waals surface area contributed by atoms with Gasteiger partial charge in [0.25, 0.3) is 5.91 Å². The van der Waals surface area contributed by atoms with Crippen molar-refractivity contribution in [1.29, 1.82) is 0 Å². The maximum Gasteiger partial charge on any atom is 0.253 e. The van der Waals surface area contributed by atoms with Crippen LogP contribution >= 0.6 is 0 Å². The van der Waals surface area contributed by atoms with E-state index in [-0.39, 0.29) is 37.8 Å². The summed E-state index contributed by atoms with van der Waals surface area (Å²) in [7, 11) is 3.50. The van der Waals surface area contributed by atoms with E-state index in [1.54, 1.807) is 19.0 Å². The molecule has 3 aromatic rings. The monoisotopic (exact) mass is 557 g/mol. The second kappa shape index (κ2) is 11.3. The number of carbonyl (C=O) groups excluding carboxylic acids is 2. The predicted octanol–water partition coefficient (Wildman–Crippen LogP) is 6.46. The number of ether oxygens (including phenoxy) is 2. The first-order chi connectivity index (χ1) is 19.5. The standard InChI is InChI=1S/C35H41NO5.H2/c1-34(2,3)28(21-37)13-12-24-7-6-23(18-29(24)25-8-10-26(11-9-25)33(39)36(4)5)19-32(38)35(16-17-35)27-14-15-30-31(20-27)41-22-40-30;/h6-11,14-15,18,20,28,37H,12-13,16-17,19,21-22H2,1-5H3;1H/t28-;/m1./s1. The maximum absolute atomic E-state index is 13.7. The Morgan fingerprint density at radius 2 is 1.68 bits per heavy atom. The Morgan fingerprint density at radius 3 is 2.32 bits per heavy atom. The largest absolute Gasteiger partial charge is 0.454 e. The number of Topliss-reactive ketones (excluding diaryl/α,β-unsaturated/α-hetero) is 1. The van der Waals surface area contributed by atoms with Crippen molar-refractivity contribution >= 4 is 11.7 Å². The van der Waals surface area contributed by atoms with Crippen LogP contribution in [0.1, 0.15) is 68.5 Å². The van der Waals surface area contributed by atoms with E-state index < -0.39 is 5.41 Å². The quantitative estimate of drug-likeness (QED) is 0.310. The summed E-state index contributed by atoms with van der Waals surface area (Å²) in [5.74, 6) is 1.79. The molecule has 0 radical (unpaired) electrons. The van der Waals surface area contributed by atoms with Crippen molar-refractivity contribution in [3.05, 3.63) is 82.9 Å². The maximum atomic E-state index is 13.7. The highest BCUT2D eigenvalue weighted by atomic mass is 16.7. The molecule has 0 bridgehead atoms. The van der Waals surface area contributed by atoms with Crippen LogP contribution in [0.2, 0.25) is 0 Å². The fourth-order valence-electron chi connectivity index (χ4n) is 5.80. The highest BCUT2D eigenvalue weighted by molar-refractivity contribution is 5.95. The van der Waals surface area contributed by atoms with Crippen molar-refractivity contribution < 1.29 is 25.6 Å². The van der Waals surface area contributed by atoms with Crippen molar-refractivity contribution in [3.8, 4) is 22.6 Å². The fourth-order valence-corrected chi connectivity index (χ4v) is 5.80. The number of aliphatic hydroxyl groups is 1. The van der Waals surface area contributed by atoms with Crippen molar-refractivity contribution in [1.82, 2.24) is 4.90 Å². The Kier molecular flexibility index (Phi) is 7.97. The minimum absolute atomic E-state index is 0. The summed E-state index contributed by atoms with van der Waals surface area (Å²) in [5, 5.41) is 10.0. The van der Waals surface area contributed by atoms with Gasteiger partial charge in [-0.1, -0.05) is 57.2 Å². The fraction of sp³-hybridized carbons (Fsp3) is 0.429. The van der Waals surface area contributed by atoms with E-state index in [0.29, 0.717) is 17.7 Å². The minimum Gasteiger partial charge on any atom is -0.454 e. The van der Waals surface area contributed by atoms with Crippen LogP contribution in [-0.2, 0) is 23.1 Å². The number of hydrogen-bond donors (Lipinski definition) is 1. The number of aryl methyl sites for hydroxylation is 1. The van der Waals surface area contributed by atoms with Gasteiger partial charge in [-0.3, -0.25) is 9.59 Å². The van der Waals surface area contributed by atoms with E-state index >= 15 is 0 Å². The molecule has 1 heterocycles. The zero-order valence-corrected chi connectivity index (χ0v) is 24.8. The molecule has 6 nitrogen and oxygen atoms in total. The van der Waals surface area contributed by atoms with Crippen LogP contribution in [0, 0.1) is 11.3 Å². The molecule has 5 rings (SSSR count). The first-order valence-electron chi connectivity index (χ1n) is 14.5. The number of ketones is 1. The Labute approximate surface area is 244 Å². The molecule has 2 aliphatic rings. The predicted molar refractivity (Wildman–Crippen MR) is 163 cm³/mol. The lowest BCUT2D eigenvalue weighted by atomic mass is 9.77. The smallest absolute Gasteiger partial charge is 0.253 e. The third-order valence-electron chi connectivity index (χ3n) is 8.80. The van der Waals surface area contributed by atoms with Gasteiger partial charge in [-0.05, 0) is 89.1 Å². The summed E-state index contributed by atoms with van der Waals surface area (Å²) in [6.45, 7) is 6.86. The van der Waals surface area contributed by atoms with Gasteiger partial charge >= 0.3 is 0 Å². The molecule has 0 unspecified atom stereocenters. The van der Waals surface area contributed by atoms with Gasteiger partial charge in [0.2, 0.25) is 6.79 Å². The third kappa shape index (κ3) is 6.03. The molecule has 218 valence electrons. The summed E-state index contributed by atoms with van der Waals surface area (Å²) in [5.41, 5.74) is 5.41. The van der Waals surface area contributed by atoms with Crippen molar-refractivity contribution in [2.24, 2.45) is 11.3 Å². The highest BCUT2D eigenvalue weighted by Gasteiger charge is 2.50. The van der Waals surface area contributed by atoms with E-state index in [4.69, 9.17) is 9.47 Å². The Morgan fingerprint density at radius 1 is 0.976 bits per heavy atom. The lowest BCUT2D eigenvalue weighted by Crippen LogP contribution is -2.24. The molecule has 1 saturated carbocycles. The molecule has 1 atom stereocenters. The molecule has 3 aromatic carbocycles. The first kappa shape index (κ1) is 28.9. The van der Waals surface area contributed by atoms with E-state index in [2.05, 4.69) is 39.0 Å². The van der Waals surface area contributed by atoms with Gasteiger partial charge in [-0.2, -0.15) is 0 Å². The summed E-state index contributed by atoms with van der Waals surface area (Å²) in [4.78, 5) is 27.8. The lowest BCUT2D eigenvalue weighted by molar-refractivity contribution is -0.120. The van der Waals surface area contributed by atoms with Crippen LogP contribution in [0.25, 0.3) is 11.1 Å². The van der Waals surface area contributed by atoms with Gasteiger partial charge in [0.05, 0.1) is 5.41 Å². The third-order valence-corrected chi connectivity index (χ3v) is 8.80. The van der Waals surface area contributed by atoms with Gasteiger partial charge in [-0.15, -0.1) is 0 Å². The number of amides is 1. The van der Waals surface area contributed by atoms with Crippen molar-refractivity contribution in [3.63, 3.8) is 0 Å². The Hall–Kier alpha value is -3.64. The van der Waals surface area contributed by atoms with Crippen molar-refractivity contribution in [2.45, 2.75) is 58.3 Å². The van der Waals surface area contributed by atoms with E-state index in [9.17, 15) is 14.7 Å². The molecular formula is C35H43NO5. The molecule has 1 amide bonds. The molecule has 41 heavy (non-hydrogen) atoms. The molecule has 6 heteroatoms. The molecule has 0 aromatic heterocycles. The SMILES string of the molecule is CN(C)C(=O)c1ccc(-c2cc(CC(=O)C3(c4ccc5c(c4)OCO5)CC3)ccc2CC[C@H](CO)C(C)(C)C)cc1.[HH]. The number of hydrogen-bond acceptors (Lipinski definition) is 5. The van der Waals surface area contributed by atoms with Gasteiger partial charge in [0.15, 0.2) is 11.5 Å². The second-order valence-corrected chi connectivity index (χ2v) is 12.8. The van der Waals surface area contributed by atoms with Crippen LogP contribution in [0.15, 0.2) is 60.7 Å². The summed E-state index contributed by atoms with van der Waals surface area (Å²) in [6.07, 6.45) is 3.70. The van der Waals surface area contributed by atoms with Gasteiger partial charge in [0.1, 0.15) is 5.78 Å². The van der Waals surface area contributed by atoms with Crippen molar-refractivity contribution in [2.75, 3.05) is 27.5 Å². The normalized spacial score (nSPS) is 15.9. The first-order valence-corrected chi connectivity index (χ1v) is 14.5. The number of benzene rings is 3. The molecule has 1 aliphatic carbocycles. The summed E-state index contributed by atoms with van der Waals surface area (Å²) < 4.78 is 11.0. The molecule has 1 fully saturated rings. The van der Waals surface area contributed by atoms with E-state index in [1.807, 2.05) is 42.5 Å². The second-order valence-electron chi connectivity index (χ2n) is 12.8. The lowest BCUT2D eigenvalue weighted by Gasteiger charge is -2.29. The molecular weight excluding hydrogens is 514 g/mol. The average Bonchev–Trinajstić information content (AvgIpc) is 3.63. The molecule has 0 spiro atoms. The van der Waals surface area contributed by atoms with Crippen LogP contribution in [-0.4, -0.2) is 49.2 Å². The Balaban J connectivity index is 0.00000405. The van der Waals surface area contributed by atoms with E-state index in [1.165, 1.54) is 5.56 Å². The number of nitrogens with zero attached hydrogens (tertiary/aromatic N) is 1. The van der Waals surface area contributed by atoms with Crippen LogP contribution in [0.4, 0.5) is 0 Å². The molecule has 1 aliphatic heterocycles. The zero-order valence-electron chi connectivity index (χ0n) is 24.8. The van der Waals surface area contributed by atoms with E-state index in [0.717, 1.165) is 53.7 Å². The van der Waals surface area contributed by atoms with Crippen LogP contribution in [0.3, 0.4) is 0 Å². The summed E-state index contributed by atoms with van der Waals surface area (Å²) in [6, 6.07) is 19.9. The number of fused-ring (bicyclic) bond motifs is 1. The molecule has 0 saturated heterocycles. The summed E-state index contributed by atoms with van der Waals surface area (Å²) >= 11 is 0. The van der Waals surface area contributed by atoms with Crippen LogP contribution in [0.5, 0.6) is 11.5 Å². The number of aliphatic hydroxyl groups excluding tert-OH is 1. The number of rotatable bonds is 10. The molecule has 1 N–H and O–H groups in total. The topological polar surface area (TPSA) is 76.1 Å². The minimum atomic E-state index is -0.463. The zero-order chi connectivity index (χ0) is 29.4. The van der Waals surface area contributed by atoms with Gasteiger partial charge in [0, 0.05) is 34.1 Å². The average molecular weight is 558 g/mol. The van der Waals surface area contributed by atoms with Gasteiger partial charge in [-0.25, -0.2) is 0 Å². The Bertz CT molecular complexity index is 1440. The van der Waals surface area contributed by atoms with Crippen LogP contribution < -0.4 is 9.47 Å².